The minimum Gasteiger partial charge on any atom is -0.378 e. The molecule has 3 rings (SSSR count). The van der Waals surface area contributed by atoms with E-state index in [0.717, 1.165) is 24.3 Å². The Kier molecular flexibility index (Phi) is 3.80. The van der Waals surface area contributed by atoms with Crippen LogP contribution in [0.5, 0.6) is 0 Å². The second-order valence-electron chi connectivity index (χ2n) is 5.02. The number of ether oxygens (including phenoxy) is 1. The molecule has 21 heavy (non-hydrogen) atoms. The molecule has 0 aliphatic carbocycles. The average molecular weight is 280 g/mol. The lowest BCUT2D eigenvalue weighted by Crippen LogP contribution is -2.37. The van der Waals surface area contributed by atoms with Gasteiger partial charge in [-0.25, -0.2) is 9.97 Å². The van der Waals surface area contributed by atoms with Gasteiger partial charge in [0.15, 0.2) is 0 Å². The van der Waals surface area contributed by atoms with Crippen molar-refractivity contribution in [1.82, 2.24) is 9.97 Å². The third-order valence-corrected chi connectivity index (χ3v) is 3.47. The van der Waals surface area contributed by atoms with E-state index in [1.54, 1.807) is 6.07 Å². The number of hydrogen-bond acceptors (Lipinski definition) is 5. The molecule has 1 saturated heterocycles. The smallest absolute Gasteiger partial charge is 0.227 e. The Morgan fingerprint density at radius 2 is 1.86 bits per heavy atom. The van der Waals surface area contributed by atoms with Crippen LogP contribution in [0.4, 0.5) is 5.95 Å². The molecule has 2 heterocycles. The van der Waals surface area contributed by atoms with Crippen molar-refractivity contribution in [3.63, 3.8) is 0 Å². The predicted octanol–water partition coefficient (Wildman–Crippen LogP) is 2.16. The molecule has 0 radical (unpaired) electrons. The Bertz CT molecular complexity index is 670. The van der Waals surface area contributed by atoms with Gasteiger partial charge in [0.05, 0.1) is 18.9 Å². The quantitative estimate of drug-likeness (QED) is 0.843. The SMILES string of the molecule is Cc1ccc(-c2cc(C#N)nc(N3CCOCC3)n2)cc1. The maximum Gasteiger partial charge on any atom is 0.227 e. The van der Waals surface area contributed by atoms with Gasteiger partial charge in [-0.05, 0) is 6.92 Å². The first kappa shape index (κ1) is 13.5. The van der Waals surface area contributed by atoms with Crippen molar-refractivity contribution in [3.8, 4) is 17.3 Å². The predicted molar refractivity (Wildman–Crippen MR) is 80.0 cm³/mol. The van der Waals surface area contributed by atoms with Crippen LogP contribution in [-0.4, -0.2) is 36.3 Å². The number of nitrogens with zero attached hydrogens (tertiary/aromatic N) is 4. The summed E-state index contributed by atoms with van der Waals surface area (Å²) in [5.74, 6) is 0.605. The molecule has 0 spiro atoms. The van der Waals surface area contributed by atoms with E-state index < -0.39 is 0 Å². The second-order valence-corrected chi connectivity index (χ2v) is 5.02. The van der Waals surface area contributed by atoms with E-state index in [2.05, 4.69) is 20.9 Å². The first-order chi connectivity index (χ1) is 10.3. The minimum atomic E-state index is 0.391. The number of aromatic nitrogens is 2. The van der Waals surface area contributed by atoms with Gasteiger partial charge in [0.2, 0.25) is 5.95 Å². The number of benzene rings is 1. The highest BCUT2D eigenvalue weighted by molar-refractivity contribution is 5.62. The zero-order valence-electron chi connectivity index (χ0n) is 11.9. The summed E-state index contributed by atoms with van der Waals surface area (Å²) in [6.45, 7) is 4.88. The molecule has 0 N–H and O–H groups in total. The van der Waals surface area contributed by atoms with Crippen molar-refractivity contribution in [2.45, 2.75) is 6.92 Å². The fourth-order valence-corrected chi connectivity index (χ4v) is 2.27. The van der Waals surface area contributed by atoms with Gasteiger partial charge in [-0.1, -0.05) is 29.8 Å². The van der Waals surface area contributed by atoms with Crippen LogP contribution in [0.3, 0.4) is 0 Å². The second kappa shape index (κ2) is 5.90. The molecule has 1 aromatic heterocycles. The lowest BCUT2D eigenvalue weighted by molar-refractivity contribution is 0.122. The summed E-state index contributed by atoms with van der Waals surface area (Å²) in [7, 11) is 0. The van der Waals surface area contributed by atoms with E-state index in [9.17, 15) is 5.26 Å². The Morgan fingerprint density at radius 1 is 1.14 bits per heavy atom. The fraction of sp³-hybridized carbons (Fsp3) is 0.312. The molecule has 1 aromatic carbocycles. The Balaban J connectivity index is 2.00. The Labute approximate surface area is 123 Å². The zero-order valence-corrected chi connectivity index (χ0v) is 11.9. The van der Waals surface area contributed by atoms with E-state index >= 15 is 0 Å². The van der Waals surface area contributed by atoms with Crippen LogP contribution in [0, 0.1) is 18.3 Å². The lowest BCUT2D eigenvalue weighted by Gasteiger charge is -2.27. The molecule has 106 valence electrons. The largest absolute Gasteiger partial charge is 0.378 e. The van der Waals surface area contributed by atoms with E-state index in [1.165, 1.54) is 5.56 Å². The standard InChI is InChI=1S/C16H16N4O/c1-12-2-4-13(5-3-12)15-10-14(11-17)18-16(19-15)20-6-8-21-9-7-20/h2-5,10H,6-9H2,1H3. The number of hydrogen-bond donors (Lipinski definition) is 0. The number of aryl methyl sites for hydroxylation is 1. The van der Waals surface area contributed by atoms with Crippen LogP contribution in [-0.2, 0) is 4.74 Å². The fourth-order valence-electron chi connectivity index (χ4n) is 2.27. The molecule has 0 bridgehead atoms. The molecular formula is C16H16N4O. The van der Waals surface area contributed by atoms with E-state index in [1.807, 2.05) is 31.2 Å². The van der Waals surface area contributed by atoms with Gasteiger partial charge in [-0.3, -0.25) is 0 Å². The van der Waals surface area contributed by atoms with Crippen LogP contribution in [0.25, 0.3) is 11.3 Å². The zero-order chi connectivity index (χ0) is 14.7. The van der Waals surface area contributed by atoms with Crippen LogP contribution < -0.4 is 4.90 Å². The summed E-state index contributed by atoms with van der Waals surface area (Å²) in [6.07, 6.45) is 0. The Morgan fingerprint density at radius 3 is 2.52 bits per heavy atom. The summed E-state index contributed by atoms with van der Waals surface area (Å²) in [5, 5.41) is 9.19. The maximum absolute atomic E-state index is 9.19. The number of nitriles is 1. The van der Waals surface area contributed by atoms with Gasteiger partial charge < -0.3 is 9.64 Å². The molecule has 0 saturated carbocycles. The minimum absolute atomic E-state index is 0.391. The number of rotatable bonds is 2. The first-order valence-corrected chi connectivity index (χ1v) is 6.95. The number of morpholine rings is 1. The number of anilines is 1. The average Bonchev–Trinajstić information content (AvgIpc) is 2.56. The van der Waals surface area contributed by atoms with Crippen molar-refractivity contribution in [2.75, 3.05) is 31.2 Å². The van der Waals surface area contributed by atoms with Gasteiger partial charge >= 0.3 is 0 Å². The molecule has 2 aromatic rings. The van der Waals surface area contributed by atoms with Crippen molar-refractivity contribution in [3.05, 3.63) is 41.6 Å². The topological polar surface area (TPSA) is 62.0 Å². The van der Waals surface area contributed by atoms with Gasteiger partial charge in [0.25, 0.3) is 0 Å². The molecule has 5 nitrogen and oxygen atoms in total. The van der Waals surface area contributed by atoms with E-state index in [4.69, 9.17) is 4.74 Å². The highest BCUT2D eigenvalue weighted by Crippen LogP contribution is 2.21. The van der Waals surface area contributed by atoms with Gasteiger partial charge in [-0.2, -0.15) is 5.26 Å². The summed E-state index contributed by atoms with van der Waals surface area (Å²) in [6, 6.07) is 12.0. The van der Waals surface area contributed by atoms with Crippen LogP contribution in [0.1, 0.15) is 11.3 Å². The summed E-state index contributed by atoms with van der Waals surface area (Å²) in [5.41, 5.74) is 3.36. The van der Waals surface area contributed by atoms with Gasteiger partial charge in [0, 0.05) is 24.7 Å². The third-order valence-electron chi connectivity index (χ3n) is 3.47. The molecular weight excluding hydrogens is 264 g/mol. The van der Waals surface area contributed by atoms with E-state index in [-0.39, 0.29) is 0 Å². The van der Waals surface area contributed by atoms with Crippen LogP contribution in [0.2, 0.25) is 0 Å². The third kappa shape index (κ3) is 3.01. The first-order valence-electron chi connectivity index (χ1n) is 6.95. The molecule has 1 fully saturated rings. The molecule has 1 aliphatic heterocycles. The van der Waals surface area contributed by atoms with Crippen molar-refractivity contribution in [1.29, 1.82) is 5.26 Å². The van der Waals surface area contributed by atoms with E-state index in [0.29, 0.717) is 24.9 Å². The maximum atomic E-state index is 9.19. The van der Waals surface area contributed by atoms with Crippen molar-refractivity contribution in [2.24, 2.45) is 0 Å². The van der Waals surface area contributed by atoms with Crippen molar-refractivity contribution < 1.29 is 4.74 Å². The van der Waals surface area contributed by atoms with Gasteiger partial charge in [0.1, 0.15) is 11.8 Å². The lowest BCUT2D eigenvalue weighted by atomic mass is 10.1. The molecule has 1 aliphatic rings. The molecule has 0 amide bonds. The van der Waals surface area contributed by atoms with Crippen molar-refractivity contribution >= 4 is 5.95 Å². The van der Waals surface area contributed by atoms with Gasteiger partial charge in [-0.15, -0.1) is 0 Å². The summed E-state index contributed by atoms with van der Waals surface area (Å²) in [4.78, 5) is 11.0. The molecule has 5 heteroatoms. The summed E-state index contributed by atoms with van der Waals surface area (Å²) < 4.78 is 5.34. The Hall–Kier alpha value is -2.45. The molecule has 0 atom stereocenters. The highest BCUT2D eigenvalue weighted by atomic mass is 16.5. The normalized spacial score (nSPS) is 14.8. The molecule has 0 unspecified atom stereocenters. The van der Waals surface area contributed by atoms with Crippen LogP contribution in [0.15, 0.2) is 30.3 Å². The monoisotopic (exact) mass is 280 g/mol. The summed E-state index contributed by atoms with van der Waals surface area (Å²) >= 11 is 0. The van der Waals surface area contributed by atoms with Crippen LogP contribution >= 0.6 is 0 Å². The highest BCUT2D eigenvalue weighted by Gasteiger charge is 2.16.